The molecule has 0 atom stereocenters. The number of hydrogen-bond acceptors (Lipinski definition) is 1. The van der Waals surface area contributed by atoms with Crippen LogP contribution in [0.4, 0.5) is 0 Å². The summed E-state index contributed by atoms with van der Waals surface area (Å²) >= 11 is 0. The smallest absolute Gasteiger partial charge is 0.142 e. The Bertz CT molecular complexity index is 2050. The van der Waals surface area contributed by atoms with Crippen LogP contribution in [0.1, 0.15) is 18.4 Å². The SMILES string of the molecule is C1=CCCC(c2cccc3c2oc2cccc(-c4c5ccccc5c(-c5ccccc5)c5ccccc45)c23)=C1. The van der Waals surface area contributed by atoms with Crippen molar-refractivity contribution in [3.05, 3.63) is 139 Å². The molecule has 1 aliphatic carbocycles. The van der Waals surface area contributed by atoms with Crippen LogP contribution in [-0.2, 0) is 0 Å². The number of hydrogen-bond donors (Lipinski definition) is 0. The second kappa shape index (κ2) is 8.85. The standard InChI is InChI=1S/C38H26O/c1-3-13-25(14-4-1)27-21-11-23-33-37-32(22-12-24-34(37)39-38(27)33)36-30-19-9-7-17-28(30)35(26-15-5-2-6-16-26)29-18-8-10-20-31(29)36/h1-3,5-13,15-24H,4,14H2. The van der Waals surface area contributed by atoms with Crippen LogP contribution in [0.15, 0.2) is 138 Å². The van der Waals surface area contributed by atoms with Crippen molar-refractivity contribution in [1.82, 2.24) is 0 Å². The van der Waals surface area contributed by atoms with E-state index < -0.39 is 0 Å². The van der Waals surface area contributed by atoms with Crippen molar-refractivity contribution in [3.8, 4) is 22.3 Å². The van der Waals surface area contributed by atoms with E-state index in [4.69, 9.17) is 4.42 Å². The van der Waals surface area contributed by atoms with Crippen LogP contribution >= 0.6 is 0 Å². The van der Waals surface area contributed by atoms with Crippen molar-refractivity contribution >= 4 is 49.1 Å². The van der Waals surface area contributed by atoms with E-state index in [9.17, 15) is 0 Å². The third-order valence-corrected chi connectivity index (χ3v) is 8.15. The predicted molar refractivity (Wildman–Crippen MR) is 166 cm³/mol. The van der Waals surface area contributed by atoms with Gasteiger partial charge in [0.25, 0.3) is 0 Å². The van der Waals surface area contributed by atoms with E-state index >= 15 is 0 Å². The minimum Gasteiger partial charge on any atom is -0.455 e. The van der Waals surface area contributed by atoms with E-state index in [1.54, 1.807) is 0 Å². The number of rotatable bonds is 3. The van der Waals surface area contributed by atoms with Crippen LogP contribution < -0.4 is 0 Å². The maximum absolute atomic E-state index is 6.65. The maximum Gasteiger partial charge on any atom is 0.142 e. The van der Waals surface area contributed by atoms with Crippen molar-refractivity contribution in [2.75, 3.05) is 0 Å². The van der Waals surface area contributed by atoms with Gasteiger partial charge < -0.3 is 4.42 Å². The lowest BCUT2D eigenvalue weighted by Gasteiger charge is -2.18. The number of fused-ring (bicyclic) bond motifs is 5. The third kappa shape index (κ3) is 3.40. The molecule has 0 bridgehead atoms. The zero-order chi connectivity index (χ0) is 25.8. The second-order valence-electron chi connectivity index (χ2n) is 10.3. The molecule has 1 aliphatic rings. The summed E-state index contributed by atoms with van der Waals surface area (Å²) in [5.74, 6) is 0. The minimum atomic E-state index is 0.933. The lowest BCUT2D eigenvalue weighted by molar-refractivity contribution is 0.667. The highest BCUT2D eigenvalue weighted by molar-refractivity contribution is 6.25. The first kappa shape index (κ1) is 22.1. The van der Waals surface area contributed by atoms with Gasteiger partial charge in [0.05, 0.1) is 0 Å². The molecule has 0 N–H and O–H groups in total. The fourth-order valence-electron chi connectivity index (χ4n) is 6.47. The maximum atomic E-state index is 6.65. The van der Waals surface area contributed by atoms with E-state index in [0.717, 1.165) is 24.0 Å². The molecule has 0 radical (unpaired) electrons. The number of benzene rings is 6. The molecule has 39 heavy (non-hydrogen) atoms. The molecule has 0 spiro atoms. The van der Waals surface area contributed by atoms with Gasteiger partial charge in [-0.05, 0) is 68.3 Å². The van der Waals surface area contributed by atoms with Gasteiger partial charge in [-0.3, -0.25) is 0 Å². The molecule has 184 valence electrons. The minimum absolute atomic E-state index is 0.933. The Kier molecular flexibility index (Phi) is 5.03. The number of para-hydroxylation sites is 1. The van der Waals surface area contributed by atoms with Gasteiger partial charge in [0, 0.05) is 16.3 Å². The van der Waals surface area contributed by atoms with Crippen molar-refractivity contribution in [2.45, 2.75) is 12.8 Å². The van der Waals surface area contributed by atoms with Crippen LogP contribution in [0, 0.1) is 0 Å². The average Bonchev–Trinajstić information content (AvgIpc) is 3.40. The fraction of sp³-hybridized carbons (Fsp3) is 0.0526. The topological polar surface area (TPSA) is 13.1 Å². The van der Waals surface area contributed by atoms with Crippen LogP contribution in [0.2, 0.25) is 0 Å². The Morgan fingerprint density at radius 2 is 1.13 bits per heavy atom. The second-order valence-corrected chi connectivity index (χ2v) is 10.3. The lowest BCUT2D eigenvalue weighted by atomic mass is 9.85. The normalized spacial score (nSPS) is 13.5. The first-order chi connectivity index (χ1) is 19.4. The van der Waals surface area contributed by atoms with Gasteiger partial charge in [-0.15, -0.1) is 0 Å². The van der Waals surface area contributed by atoms with Gasteiger partial charge in [-0.1, -0.05) is 127 Å². The summed E-state index contributed by atoms with van der Waals surface area (Å²) in [7, 11) is 0. The Labute approximate surface area is 227 Å². The molecular weight excluding hydrogens is 472 g/mol. The van der Waals surface area contributed by atoms with Gasteiger partial charge >= 0.3 is 0 Å². The first-order valence-corrected chi connectivity index (χ1v) is 13.7. The summed E-state index contributed by atoms with van der Waals surface area (Å²) < 4.78 is 6.65. The summed E-state index contributed by atoms with van der Waals surface area (Å²) in [5.41, 5.74) is 9.46. The molecule has 7 aromatic rings. The van der Waals surface area contributed by atoms with E-state index in [-0.39, 0.29) is 0 Å². The number of allylic oxidation sites excluding steroid dienone is 4. The summed E-state index contributed by atoms with van der Waals surface area (Å²) in [6, 6.07) is 41.6. The summed E-state index contributed by atoms with van der Waals surface area (Å²) in [6.07, 6.45) is 8.74. The summed E-state index contributed by atoms with van der Waals surface area (Å²) in [4.78, 5) is 0. The molecule has 1 nitrogen and oxygen atoms in total. The molecule has 1 heterocycles. The first-order valence-electron chi connectivity index (χ1n) is 13.7. The van der Waals surface area contributed by atoms with Crippen LogP contribution in [-0.4, -0.2) is 0 Å². The highest BCUT2D eigenvalue weighted by atomic mass is 16.3. The van der Waals surface area contributed by atoms with Gasteiger partial charge in [0.1, 0.15) is 11.2 Å². The van der Waals surface area contributed by atoms with Crippen molar-refractivity contribution in [3.63, 3.8) is 0 Å². The van der Waals surface area contributed by atoms with Crippen LogP contribution in [0.3, 0.4) is 0 Å². The highest BCUT2D eigenvalue weighted by Crippen LogP contribution is 2.47. The molecule has 0 unspecified atom stereocenters. The molecule has 8 rings (SSSR count). The zero-order valence-electron chi connectivity index (χ0n) is 21.5. The average molecular weight is 499 g/mol. The molecule has 0 amide bonds. The molecular formula is C38H26O. The largest absolute Gasteiger partial charge is 0.455 e. The molecule has 0 saturated heterocycles. The van der Waals surface area contributed by atoms with Crippen molar-refractivity contribution in [2.24, 2.45) is 0 Å². The number of furan rings is 1. The van der Waals surface area contributed by atoms with E-state index in [2.05, 4.69) is 133 Å². The quantitative estimate of drug-likeness (QED) is 0.221. The molecule has 0 fully saturated rings. The van der Waals surface area contributed by atoms with E-state index in [0.29, 0.717) is 0 Å². The Hall–Kier alpha value is -4.88. The van der Waals surface area contributed by atoms with E-state index in [1.165, 1.54) is 65.7 Å². The molecule has 6 aromatic carbocycles. The van der Waals surface area contributed by atoms with Gasteiger partial charge in [0.15, 0.2) is 0 Å². The van der Waals surface area contributed by atoms with Gasteiger partial charge in [-0.25, -0.2) is 0 Å². The monoisotopic (exact) mass is 498 g/mol. The Balaban J connectivity index is 1.51. The summed E-state index contributed by atoms with van der Waals surface area (Å²) in [6.45, 7) is 0. The van der Waals surface area contributed by atoms with Crippen LogP contribution in [0.25, 0.3) is 71.3 Å². The third-order valence-electron chi connectivity index (χ3n) is 8.15. The zero-order valence-corrected chi connectivity index (χ0v) is 21.5. The van der Waals surface area contributed by atoms with Crippen molar-refractivity contribution < 1.29 is 4.42 Å². The van der Waals surface area contributed by atoms with Gasteiger partial charge in [-0.2, -0.15) is 0 Å². The molecule has 0 saturated carbocycles. The molecule has 0 aliphatic heterocycles. The van der Waals surface area contributed by atoms with Crippen molar-refractivity contribution in [1.29, 1.82) is 0 Å². The molecule has 1 heteroatoms. The van der Waals surface area contributed by atoms with Crippen LogP contribution in [0.5, 0.6) is 0 Å². The Morgan fingerprint density at radius 3 is 1.82 bits per heavy atom. The fourth-order valence-corrected chi connectivity index (χ4v) is 6.47. The van der Waals surface area contributed by atoms with Gasteiger partial charge in [0.2, 0.25) is 0 Å². The lowest BCUT2D eigenvalue weighted by Crippen LogP contribution is -1.91. The van der Waals surface area contributed by atoms with E-state index in [1.807, 2.05) is 0 Å². The molecule has 1 aromatic heterocycles. The Morgan fingerprint density at radius 1 is 0.513 bits per heavy atom. The predicted octanol–water partition coefficient (Wildman–Crippen LogP) is 11.0. The highest BCUT2D eigenvalue weighted by Gasteiger charge is 2.21. The summed E-state index contributed by atoms with van der Waals surface area (Å²) in [5, 5.41) is 7.41.